The van der Waals surface area contributed by atoms with Gasteiger partial charge in [-0.1, -0.05) is 48.9 Å². The van der Waals surface area contributed by atoms with Gasteiger partial charge < -0.3 is 14.8 Å². The van der Waals surface area contributed by atoms with Crippen molar-refractivity contribution in [2.24, 2.45) is 0 Å². The lowest BCUT2D eigenvalue weighted by Gasteiger charge is -2.13. The Bertz CT molecular complexity index is 688. The summed E-state index contributed by atoms with van der Waals surface area (Å²) in [6, 6.07) is 13.3. The molecule has 2 aromatic carbocycles. The predicted molar refractivity (Wildman–Crippen MR) is 84.8 cm³/mol. The average Bonchev–Trinajstić information content (AvgIpc) is 3.02. The summed E-state index contributed by atoms with van der Waals surface area (Å²) in [6.07, 6.45) is 0. The Labute approximate surface area is 134 Å². The third-order valence-electron chi connectivity index (χ3n) is 3.63. The molecule has 0 saturated heterocycles. The van der Waals surface area contributed by atoms with Crippen molar-refractivity contribution in [1.82, 2.24) is 5.32 Å². The van der Waals surface area contributed by atoms with Gasteiger partial charge >= 0.3 is 0 Å². The average molecular weight is 318 g/mol. The summed E-state index contributed by atoms with van der Waals surface area (Å²) in [5.74, 6) is 1.06. The van der Waals surface area contributed by atoms with Gasteiger partial charge in [0.15, 0.2) is 11.5 Å². The van der Waals surface area contributed by atoms with E-state index in [0.717, 1.165) is 0 Å². The number of amides is 1. The van der Waals surface area contributed by atoms with E-state index in [1.165, 1.54) is 5.56 Å². The van der Waals surface area contributed by atoms with Crippen LogP contribution in [0, 0.1) is 0 Å². The molecule has 0 radical (unpaired) electrons. The molecule has 22 heavy (non-hydrogen) atoms. The van der Waals surface area contributed by atoms with Crippen LogP contribution in [0.25, 0.3) is 0 Å². The zero-order chi connectivity index (χ0) is 15.5. The molecule has 1 amide bonds. The second kappa shape index (κ2) is 6.28. The van der Waals surface area contributed by atoms with E-state index in [0.29, 0.717) is 28.6 Å². The van der Waals surface area contributed by atoms with Crippen LogP contribution in [0.3, 0.4) is 0 Å². The monoisotopic (exact) mass is 317 g/mol. The van der Waals surface area contributed by atoms with Gasteiger partial charge in [0, 0.05) is 12.1 Å². The van der Waals surface area contributed by atoms with Gasteiger partial charge in [0.2, 0.25) is 6.79 Å². The molecule has 0 aromatic heterocycles. The molecule has 3 rings (SSSR count). The number of benzene rings is 2. The van der Waals surface area contributed by atoms with Crippen LogP contribution in [0.1, 0.15) is 28.8 Å². The summed E-state index contributed by atoms with van der Waals surface area (Å²) in [5, 5.41) is 3.31. The van der Waals surface area contributed by atoms with Crippen LogP contribution in [-0.2, 0) is 0 Å². The first-order valence-electron chi connectivity index (χ1n) is 7.07. The van der Waals surface area contributed by atoms with Crippen molar-refractivity contribution < 1.29 is 14.3 Å². The molecule has 1 atom stereocenters. The molecule has 1 N–H and O–H groups in total. The minimum atomic E-state index is -0.178. The number of hydrogen-bond acceptors (Lipinski definition) is 3. The Kier molecular flexibility index (Phi) is 4.20. The van der Waals surface area contributed by atoms with Gasteiger partial charge in [0.05, 0.1) is 5.02 Å². The molecule has 1 aliphatic heterocycles. The lowest BCUT2D eigenvalue weighted by Crippen LogP contribution is -2.27. The highest BCUT2D eigenvalue weighted by Gasteiger charge is 2.20. The van der Waals surface area contributed by atoms with E-state index in [1.54, 1.807) is 12.1 Å². The molecular formula is C17H16ClNO3. The Balaban J connectivity index is 1.67. The molecule has 1 aliphatic rings. The van der Waals surface area contributed by atoms with E-state index < -0.39 is 0 Å². The summed E-state index contributed by atoms with van der Waals surface area (Å²) < 4.78 is 10.5. The molecule has 0 saturated carbocycles. The maximum absolute atomic E-state index is 12.3. The number of fused-ring (bicyclic) bond motifs is 1. The topological polar surface area (TPSA) is 47.6 Å². The maximum Gasteiger partial charge on any atom is 0.251 e. The van der Waals surface area contributed by atoms with Gasteiger partial charge in [-0.25, -0.2) is 0 Å². The Hall–Kier alpha value is -2.20. The van der Waals surface area contributed by atoms with Crippen molar-refractivity contribution >= 4 is 17.5 Å². The molecule has 5 heteroatoms. The summed E-state index contributed by atoms with van der Waals surface area (Å²) >= 11 is 6.09. The number of carbonyl (C=O) groups is 1. The molecule has 0 bridgehead atoms. The van der Waals surface area contributed by atoms with Crippen LogP contribution in [0.5, 0.6) is 11.5 Å². The van der Waals surface area contributed by atoms with E-state index >= 15 is 0 Å². The van der Waals surface area contributed by atoms with E-state index in [9.17, 15) is 4.79 Å². The van der Waals surface area contributed by atoms with Gasteiger partial charge in [-0.05, 0) is 23.6 Å². The molecule has 2 aromatic rings. The molecule has 4 nitrogen and oxygen atoms in total. The Morgan fingerprint density at radius 1 is 1.27 bits per heavy atom. The largest absolute Gasteiger partial charge is 0.454 e. The number of carbonyl (C=O) groups excluding carboxylic acids is 1. The molecule has 114 valence electrons. The highest BCUT2D eigenvalue weighted by molar-refractivity contribution is 6.32. The van der Waals surface area contributed by atoms with Crippen LogP contribution >= 0.6 is 11.6 Å². The van der Waals surface area contributed by atoms with Crippen LogP contribution in [0.2, 0.25) is 5.02 Å². The fraction of sp³-hybridized carbons (Fsp3) is 0.235. The Morgan fingerprint density at radius 3 is 2.82 bits per heavy atom. The molecule has 0 fully saturated rings. The highest BCUT2D eigenvalue weighted by Crippen LogP contribution is 2.39. The van der Waals surface area contributed by atoms with Gasteiger partial charge in [-0.15, -0.1) is 0 Å². The van der Waals surface area contributed by atoms with Crippen LogP contribution in [-0.4, -0.2) is 19.2 Å². The predicted octanol–water partition coefficient (Wildman–Crippen LogP) is 3.60. The van der Waals surface area contributed by atoms with Crippen molar-refractivity contribution in [3.63, 3.8) is 0 Å². The normalized spacial score (nSPS) is 13.7. The molecule has 0 spiro atoms. The third-order valence-corrected chi connectivity index (χ3v) is 3.91. The quantitative estimate of drug-likeness (QED) is 0.937. The number of rotatable bonds is 4. The van der Waals surface area contributed by atoms with E-state index in [1.807, 2.05) is 30.3 Å². The second-order valence-corrected chi connectivity index (χ2v) is 5.62. The van der Waals surface area contributed by atoms with E-state index in [4.69, 9.17) is 21.1 Å². The van der Waals surface area contributed by atoms with Crippen molar-refractivity contribution in [2.75, 3.05) is 13.3 Å². The van der Waals surface area contributed by atoms with Crippen molar-refractivity contribution in [2.45, 2.75) is 12.8 Å². The number of hydrogen-bond donors (Lipinski definition) is 1. The zero-order valence-corrected chi connectivity index (χ0v) is 12.9. The number of ether oxygens (including phenoxy) is 2. The van der Waals surface area contributed by atoms with Crippen LogP contribution < -0.4 is 14.8 Å². The van der Waals surface area contributed by atoms with E-state index in [-0.39, 0.29) is 18.6 Å². The van der Waals surface area contributed by atoms with Gasteiger partial charge in [-0.2, -0.15) is 0 Å². The fourth-order valence-electron chi connectivity index (χ4n) is 2.35. The van der Waals surface area contributed by atoms with E-state index in [2.05, 4.69) is 12.2 Å². The summed E-state index contributed by atoms with van der Waals surface area (Å²) in [4.78, 5) is 12.3. The zero-order valence-electron chi connectivity index (χ0n) is 12.1. The Morgan fingerprint density at radius 2 is 2.05 bits per heavy atom. The minimum Gasteiger partial charge on any atom is -0.454 e. The molecule has 0 unspecified atom stereocenters. The van der Waals surface area contributed by atoms with Crippen molar-refractivity contribution in [3.8, 4) is 11.5 Å². The lowest BCUT2D eigenvalue weighted by molar-refractivity contribution is 0.0951. The maximum atomic E-state index is 12.3. The first kappa shape index (κ1) is 14.7. The third kappa shape index (κ3) is 3.02. The molecule has 1 heterocycles. The SMILES string of the molecule is C[C@@H](CNC(=O)c1cc(Cl)c2c(c1)OCO2)c1ccccc1. The minimum absolute atomic E-state index is 0.130. The van der Waals surface area contributed by atoms with Gasteiger partial charge in [0.25, 0.3) is 5.91 Å². The van der Waals surface area contributed by atoms with Crippen molar-refractivity contribution in [1.29, 1.82) is 0 Å². The highest BCUT2D eigenvalue weighted by atomic mass is 35.5. The van der Waals surface area contributed by atoms with Gasteiger partial charge in [0.1, 0.15) is 0 Å². The number of halogens is 1. The second-order valence-electron chi connectivity index (χ2n) is 5.21. The van der Waals surface area contributed by atoms with Crippen LogP contribution in [0.4, 0.5) is 0 Å². The summed E-state index contributed by atoms with van der Waals surface area (Å²) in [6.45, 7) is 2.75. The first-order valence-corrected chi connectivity index (χ1v) is 7.45. The first-order chi connectivity index (χ1) is 10.6. The van der Waals surface area contributed by atoms with Gasteiger partial charge in [-0.3, -0.25) is 4.79 Å². The van der Waals surface area contributed by atoms with Crippen molar-refractivity contribution in [3.05, 3.63) is 58.6 Å². The molecular weight excluding hydrogens is 302 g/mol. The smallest absolute Gasteiger partial charge is 0.251 e. The standard InChI is InChI=1S/C17H16ClNO3/c1-11(12-5-3-2-4-6-12)9-19-17(20)13-7-14(18)16-15(8-13)21-10-22-16/h2-8,11H,9-10H2,1H3,(H,19,20)/t11-/m0/s1. The molecule has 0 aliphatic carbocycles. The summed E-state index contributed by atoms with van der Waals surface area (Å²) in [5.41, 5.74) is 1.65. The lowest BCUT2D eigenvalue weighted by atomic mass is 10.0. The summed E-state index contributed by atoms with van der Waals surface area (Å²) in [7, 11) is 0. The fourth-order valence-corrected chi connectivity index (χ4v) is 2.61. The number of nitrogens with one attached hydrogen (secondary N) is 1. The van der Waals surface area contributed by atoms with Crippen LogP contribution in [0.15, 0.2) is 42.5 Å².